The molecule has 2 aromatic rings. The number of aromatic hydroxyl groups is 1. The molecule has 0 amide bonds. The second-order valence-corrected chi connectivity index (χ2v) is 4.83. The van der Waals surface area contributed by atoms with Gasteiger partial charge < -0.3 is 19.7 Å². The van der Waals surface area contributed by atoms with E-state index in [2.05, 4.69) is 15.5 Å². The molecule has 0 aliphatic rings. The van der Waals surface area contributed by atoms with Crippen LogP contribution in [0.1, 0.15) is 37.3 Å². The summed E-state index contributed by atoms with van der Waals surface area (Å²) in [4.78, 5) is 0. The highest BCUT2D eigenvalue weighted by atomic mass is 16.5. The van der Waals surface area contributed by atoms with E-state index in [0.717, 1.165) is 11.4 Å². The predicted octanol–water partition coefficient (Wildman–Crippen LogP) is 1.94. The molecule has 6 heteroatoms. The lowest BCUT2D eigenvalue weighted by atomic mass is 10.1. The van der Waals surface area contributed by atoms with Crippen LogP contribution in [0.4, 0.5) is 0 Å². The molecule has 0 bridgehead atoms. The van der Waals surface area contributed by atoms with Crippen LogP contribution in [0, 0.1) is 0 Å². The Balaban J connectivity index is 2.12. The molecule has 2 N–H and O–H groups in total. The van der Waals surface area contributed by atoms with E-state index in [1.54, 1.807) is 19.5 Å². The molecule has 0 radical (unpaired) electrons. The number of aryl methyl sites for hydroxylation is 1. The first-order chi connectivity index (χ1) is 9.52. The van der Waals surface area contributed by atoms with E-state index in [1.807, 2.05) is 37.6 Å². The van der Waals surface area contributed by atoms with Gasteiger partial charge in [0.2, 0.25) is 0 Å². The zero-order valence-electron chi connectivity index (χ0n) is 12.2. The normalized spacial score (nSPS) is 14.0. The van der Waals surface area contributed by atoms with Crippen molar-refractivity contribution >= 4 is 0 Å². The summed E-state index contributed by atoms with van der Waals surface area (Å²) in [5.41, 5.74) is 0.819. The van der Waals surface area contributed by atoms with Gasteiger partial charge in [0.25, 0.3) is 0 Å². The van der Waals surface area contributed by atoms with Crippen molar-refractivity contribution in [3.63, 3.8) is 0 Å². The summed E-state index contributed by atoms with van der Waals surface area (Å²) < 4.78 is 6.96. The number of methoxy groups -OCH3 is 1. The molecule has 2 atom stereocenters. The number of benzene rings is 1. The van der Waals surface area contributed by atoms with Crippen LogP contribution in [0.15, 0.2) is 24.5 Å². The molecule has 2 unspecified atom stereocenters. The maximum atomic E-state index is 10.0. The Hall–Kier alpha value is -2.08. The lowest BCUT2D eigenvalue weighted by Gasteiger charge is -2.20. The number of rotatable bonds is 5. The van der Waals surface area contributed by atoms with E-state index in [0.29, 0.717) is 5.75 Å². The van der Waals surface area contributed by atoms with Gasteiger partial charge in [0.1, 0.15) is 23.7 Å². The Morgan fingerprint density at radius 2 is 2.05 bits per heavy atom. The third-order valence-electron chi connectivity index (χ3n) is 3.34. The quantitative estimate of drug-likeness (QED) is 0.873. The van der Waals surface area contributed by atoms with Crippen LogP contribution in [-0.2, 0) is 7.05 Å². The molecule has 108 valence electrons. The molecule has 6 nitrogen and oxygen atoms in total. The second-order valence-electron chi connectivity index (χ2n) is 4.83. The average Bonchev–Trinajstić information content (AvgIpc) is 2.84. The summed E-state index contributed by atoms with van der Waals surface area (Å²) in [5, 5.41) is 21.4. The molecule has 0 saturated heterocycles. The fourth-order valence-corrected chi connectivity index (χ4v) is 2.24. The number of hydrogen-bond donors (Lipinski definition) is 2. The van der Waals surface area contributed by atoms with Gasteiger partial charge in [-0.2, -0.15) is 0 Å². The molecule has 0 aliphatic carbocycles. The molecule has 2 rings (SSSR count). The smallest absolute Gasteiger partial charge is 0.149 e. The minimum absolute atomic E-state index is 0.0207. The van der Waals surface area contributed by atoms with Crippen LogP contribution in [0.5, 0.6) is 11.5 Å². The van der Waals surface area contributed by atoms with Gasteiger partial charge in [-0.15, -0.1) is 10.2 Å². The van der Waals surface area contributed by atoms with Gasteiger partial charge in [-0.05, 0) is 19.9 Å². The largest absolute Gasteiger partial charge is 0.507 e. The van der Waals surface area contributed by atoms with Crippen LogP contribution in [0.25, 0.3) is 0 Å². The molecule has 0 aliphatic heterocycles. The van der Waals surface area contributed by atoms with Crippen molar-refractivity contribution < 1.29 is 9.84 Å². The summed E-state index contributed by atoms with van der Waals surface area (Å²) in [7, 11) is 3.48. The number of aromatic nitrogens is 3. The highest BCUT2D eigenvalue weighted by molar-refractivity contribution is 5.41. The van der Waals surface area contributed by atoms with Gasteiger partial charge in [0.05, 0.1) is 13.2 Å². The van der Waals surface area contributed by atoms with Crippen LogP contribution in [0.3, 0.4) is 0 Å². The van der Waals surface area contributed by atoms with Crippen molar-refractivity contribution in [2.24, 2.45) is 7.05 Å². The van der Waals surface area contributed by atoms with E-state index in [1.165, 1.54) is 0 Å². The highest BCUT2D eigenvalue weighted by Gasteiger charge is 2.17. The first-order valence-electron chi connectivity index (χ1n) is 6.49. The Kier molecular flexibility index (Phi) is 4.24. The standard InChI is InChI=1S/C14H20N4O2/c1-9(12-6-5-11(20-4)7-13(12)19)16-10(2)14-17-15-8-18(14)3/h5-10,16,19H,1-4H3. The molecule has 0 saturated carbocycles. The molecular weight excluding hydrogens is 256 g/mol. The van der Waals surface area contributed by atoms with Crippen LogP contribution >= 0.6 is 0 Å². The Bertz CT molecular complexity index is 582. The summed E-state index contributed by atoms with van der Waals surface area (Å²) in [6.45, 7) is 4.01. The molecular formula is C14H20N4O2. The highest BCUT2D eigenvalue weighted by Crippen LogP contribution is 2.29. The number of phenols is 1. The van der Waals surface area contributed by atoms with E-state index in [-0.39, 0.29) is 17.8 Å². The Morgan fingerprint density at radius 1 is 1.30 bits per heavy atom. The first-order valence-corrected chi connectivity index (χ1v) is 6.49. The number of phenolic OH excluding ortho intramolecular Hbond substituents is 1. The van der Waals surface area contributed by atoms with Gasteiger partial charge in [-0.1, -0.05) is 6.07 Å². The zero-order chi connectivity index (χ0) is 14.7. The van der Waals surface area contributed by atoms with Crippen LogP contribution in [0.2, 0.25) is 0 Å². The van der Waals surface area contributed by atoms with Crippen LogP contribution in [-0.4, -0.2) is 27.0 Å². The molecule has 0 fully saturated rings. The van der Waals surface area contributed by atoms with Gasteiger partial charge >= 0.3 is 0 Å². The monoisotopic (exact) mass is 276 g/mol. The van der Waals surface area contributed by atoms with E-state index >= 15 is 0 Å². The first kappa shape index (κ1) is 14.3. The summed E-state index contributed by atoms with van der Waals surface area (Å²) in [6.07, 6.45) is 1.67. The summed E-state index contributed by atoms with van der Waals surface area (Å²) >= 11 is 0. The van der Waals surface area contributed by atoms with Crippen molar-refractivity contribution in [2.45, 2.75) is 25.9 Å². The topological polar surface area (TPSA) is 72.2 Å². The molecule has 20 heavy (non-hydrogen) atoms. The van der Waals surface area contributed by atoms with Crippen LogP contribution < -0.4 is 10.1 Å². The maximum Gasteiger partial charge on any atom is 0.149 e. The minimum Gasteiger partial charge on any atom is -0.507 e. The van der Waals surface area contributed by atoms with Gasteiger partial charge in [0.15, 0.2) is 0 Å². The van der Waals surface area contributed by atoms with Crippen molar-refractivity contribution in [3.8, 4) is 11.5 Å². The third kappa shape index (κ3) is 2.91. The van der Waals surface area contributed by atoms with E-state index in [9.17, 15) is 5.11 Å². The zero-order valence-corrected chi connectivity index (χ0v) is 12.2. The Morgan fingerprint density at radius 3 is 2.60 bits per heavy atom. The number of nitrogens with one attached hydrogen (secondary N) is 1. The van der Waals surface area contributed by atoms with E-state index < -0.39 is 0 Å². The fourth-order valence-electron chi connectivity index (χ4n) is 2.24. The van der Waals surface area contributed by atoms with E-state index in [4.69, 9.17) is 4.74 Å². The van der Waals surface area contributed by atoms with Gasteiger partial charge in [-0.25, -0.2) is 0 Å². The predicted molar refractivity (Wildman–Crippen MR) is 75.6 cm³/mol. The Labute approximate surface area is 118 Å². The number of hydrogen-bond acceptors (Lipinski definition) is 5. The molecule has 1 aromatic heterocycles. The minimum atomic E-state index is -0.0207. The molecule has 1 heterocycles. The third-order valence-corrected chi connectivity index (χ3v) is 3.34. The number of nitrogens with zero attached hydrogens (tertiary/aromatic N) is 3. The van der Waals surface area contributed by atoms with Crippen molar-refractivity contribution in [3.05, 3.63) is 35.9 Å². The maximum absolute atomic E-state index is 10.0. The second kappa shape index (κ2) is 5.92. The molecule has 0 spiro atoms. The van der Waals surface area contributed by atoms with Crippen molar-refractivity contribution in [1.29, 1.82) is 0 Å². The SMILES string of the molecule is COc1ccc(C(C)NC(C)c2nncn2C)c(O)c1. The summed E-state index contributed by atoms with van der Waals surface area (Å²) in [5.74, 6) is 1.71. The average molecular weight is 276 g/mol. The lowest BCUT2D eigenvalue weighted by Crippen LogP contribution is -2.24. The van der Waals surface area contributed by atoms with Gasteiger partial charge in [-0.3, -0.25) is 0 Å². The summed E-state index contributed by atoms with van der Waals surface area (Å²) in [6, 6.07) is 5.31. The van der Waals surface area contributed by atoms with Crippen molar-refractivity contribution in [2.75, 3.05) is 7.11 Å². The lowest BCUT2D eigenvalue weighted by molar-refractivity contribution is 0.400. The van der Waals surface area contributed by atoms with Crippen molar-refractivity contribution in [1.82, 2.24) is 20.1 Å². The van der Waals surface area contributed by atoms with Gasteiger partial charge in [0, 0.05) is 24.7 Å². The fraction of sp³-hybridized carbons (Fsp3) is 0.429. The number of ether oxygens (including phenoxy) is 1. The molecule has 1 aromatic carbocycles.